The van der Waals surface area contributed by atoms with Crippen molar-refractivity contribution < 1.29 is 36.7 Å². The van der Waals surface area contributed by atoms with E-state index in [4.69, 9.17) is 18.4 Å². The Morgan fingerprint density at radius 1 is 1.25 bits per heavy atom. The average molecular weight is 360 g/mol. The lowest BCUT2D eigenvalue weighted by molar-refractivity contribution is -0.155. The predicted molar refractivity (Wildman–Crippen MR) is 82.2 cm³/mol. The van der Waals surface area contributed by atoms with Crippen LogP contribution in [0.3, 0.4) is 0 Å². The molecule has 1 aromatic rings. The van der Waals surface area contributed by atoms with Gasteiger partial charge in [-0.2, -0.15) is 8.42 Å². The number of rotatable bonds is 7. The van der Waals surface area contributed by atoms with E-state index in [0.29, 0.717) is 0 Å². The Morgan fingerprint density at radius 3 is 2.50 bits per heavy atom. The zero-order valence-electron chi connectivity index (χ0n) is 13.3. The molecule has 1 N–H and O–H groups in total. The van der Waals surface area contributed by atoms with Crippen molar-refractivity contribution in [2.75, 3.05) is 12.9 Å². The van der Waals surface area contributed by atoms with Crippen LogP contribution in [0.4, 0.5) is 0 Å². The van der Waals surface area contributed by atoms with Crippen molar-refractivity contribution >= 4 is 16.1 Å². The number of hydrogen-bond donors (Lipinski definition) is 1. The zero-order valence-corrected chi connectivity index (χ0v) is 14.1. The molecular formula is C15H20O8S. The molecule has 1 unspecified atom stereocenters. The molecule has 1 aliphatic rings. The van der Waals surface area contributed by atoms with Crippen molar-refractivity contribution in [3.05, 3.63) is 35.9 Å². The Balaban J connectivity index is 2.10. The maximum absolute atomic E-state index is 11.4. The van der Waals surface area contributed by atoms with Gasteiger partial charge in [0.05, 0.1) is 12.9 Å². The Morgan fingerprint density at radius 2 is 1.92 bits per heavy atom. The van der Waals surface area contributed by atoms with Crippen molar-refractivity contribution in [1.82, 2.24) is 0 Å². The van der Waals surface area contributed by atoms with Crippen LogP contribution in [-0.2, 0) is 39.9 Å². The molecule has 24 heavy (non-hydrogen) atoms. The van der Waals surface area contributed by atoms with E-state index < -0.39 is 40.7 Å². The molecule has 1 heterocycles. The highest BCUT2D eigenvalue weighted by Gasteiger charge is 2.48. The zero-order chi connectivity index (χ0) is 17.7. The summed E-state index contributed by atoms with van der Waals surface area (Å²) < 4.78 is 43.5. The Kier molecular flexibility index (Phi) is 6.30. The van der Waals surface area contributed by atoms with Crippen LogP contribution in [0, 0.1) is 0 Å². The molecule has 8 nitrogen and oxygen atoms in total. The van der Waals surface area contributed by atoms with Gasteiger partial charge in [-0.15, -0.1) is 0 Å². The number of esters is 1. The van der Waals surface area contributed by atoms with Crippen molar-refractivity contribution in [2.45, 2.75) is 38.1 Å². The summed E-state index contributed by atoms with van der Waals surface area (Å²) in [5, 5.41) is 9.92. The lowest BCUT2D eigenvalue weighted by Crippen LogP contribution is -2.40. The minimum Gasteiger partial charge on any atom is -0.463 e. The summed E-state index contributed by atoms with van der Waals surface area (Å²) in [5.74, 6) is -0.526. The van der Waals surface area contributed by atoms with Crippen LogP contribution in [0.15, 0.2) is 30.3 Å². The fourth-order valence-corrected chi connectivity index (χ4v) is 2.92. The Labute approximate surface area is 140 Å². The van der Waals surface area contributed by atoms with Gasteiger partial charge in [-0.1, -0.05) is 30.3 Å². The minimum atomic E-state index is -3.84. The first-order valence-electron chi connectivity index (χ1n) is 7.27. The first-order valence-corrected chi connectivity index (χ1v) is 9.08. The number of aliphatic hydroxyl groups is 1. The van der Waals surface area contributed by atoms with Gasteiger partial charge < -0.3 is 19.3 Å². The van der Waals surface area contributed by atoms with E-state index in [0.717, 1.165) is 11.8 Å². The molecular weight excluding hydrogens is 340 g/mol. The Bertz CT molecular complexity index is 645. The third-order valence-electron chi connectivity index (χ3n) is 3.31. The maximum Gasteiger partial charge on any atom is 0.302 e. The standard InChI is InChI=1S/C15H20O8S/c1-10(16)20-9-12-13(21-8-11-6-4-3-5-7-11)14(15(17)22-12)23-24(2,18)19/h3-7,12-15,17H,8-9H2,1-2H3/t12-,13-,14+,15?/m0/s1. The van der Waals surface area contributed by atoms with E-state index in [2.05, 4.69) is 0 Å². The van der Waals surface area contributed by atoms with E-state index in [1.165, 1.54) is 6.92 Å². The normalized spacial score (nSPS) is 27.1. The molecule has 9 heteroatoms. The minimum absolute atomic E-state index is 0.155. The van der Waals surface area contributed by atoms with Crippen LogP contribution in [-0.4, -0.2) is 57.0 Å². The topological polar surface area (TPSA) is 108 Å². The van der Waals surface area contributed by atoms with Crippen molar-refractivity contribution in [3.8, 4) is 0 Å². The molecule has 0 radical (unpaired) electrons. The smallest absolute Gasteiger partial charge is 0.302 e. The highest BCUT2D eigenvalue weighted by Crippen LogP contribution is 2.27. The molecule has 4 atom stereocenters. The third kappa shape index (κ3) is 5.53. The number of aliphatic hydroxyl groups excluding tert-OH is 1. The lowest BCUT2D eigenvalue weighted by atomic mass is 10.1. The number of carbonyl (C=O) groups excluding carboxylic acids is 1. The van der Waals surface area contributed by atoms with Crippen molar-refractivity contribution in [3.63, 3.8) is 0 Å². The van der Waals surface area contributed by atoms with E-state index in [1.807, 2.05) is 30.3 Å². The molecule has 1 aliphatic heterocycles. The molecule has 1 saturated heterocycles. The summed E-state index contributed by atoms with van der Waals surface area (Å²) in [5.41, 5.74) is 0.850. The highest BCUT2D eigenvalue weighted by molar-refractivity contribution is 7.86. The Hall–Kier alpha value is -1.52. The molecule has 0 aromatic heterocycles. The number of ether oxygens (including phenoxy) is 3. The van der Waals surface area contributed by atoms with E-state index in [1.54, 1.807) is 0 Å². The molecule has 0 saturated carbocycles. The summed E-state index contributed by atoms with van der Waals surface area (Å²) in [4.78, 5) is 11.0. The predicted octanol–water partition coefficient (Wildman–Crippen LogP) is 0.197. The third-order valence-corrected chi connectivity index (χ3v) is 3.88. The summed E-state index contributed by atoms with van der Waals surface area (Å²) in [6.07, 6.45) is -3.66. The largest absolute Gasteiger partial charge is 0.463 e. The van der Waals surface area contributed by atoms with E-state index >= 15 is 0 Å². The second-order valence-corrected chi connectivity index (χ2v) is 6.99. The molecule has 0 bridgehead atoms. The molecule has 0 amide bonds. The molecule has 0 spiro atoms. The van der Waals surface area contributed by atoms with E-state index in [-0.39, 0.29) is 13.2 Å². The van der Waals surface area contributed by atoms with Gasteiger partial charge in [0.1, 0.15) is 18.8 Å². The van der Waals surface area contributed by atoms with Crippen LogP contribution in [0.1, 0.15) is 12.5 Å². The molecule has 134 valence electrons. The van der Waals surface area contributed by atoms with Crippen LogP contribution in [0.25, 0.3) is 0 Å². The van der Waals surface area contributed by atoms with Gasteiger partial charge in [0.25, 0.3) is 10.1 Å². The number of carbonyl (C=O) groups is 1. The van der Waals surface area contributed by atoms with Crippen LogP contribution < -0.4 is 0 Å². The average Bonchev–Trinajstić information content (AvgIpc) is 2.78. The van der Waals surface area contributed by atoms with Crippen LogP contribution in [0.2, 0.25) is 0 Å². The van der Waals surface area contributed by atoms with Gasteiger partial charge in [0, 0.05) is 6.92 Å². The maximum atomic E-state index is 11.4. The summed E-state index contributed by atoms with van der Waals surface area (Å²) in [7, 11) is -3.84. The SMILES string of the molecule is CC(=O)OC[C@@H]1OC(O)[C@H](OS(C)(=O)=O)[C@H]1OCc1ccccc1. The summed E-state index contributed by atoms with van der Waals surface area (Å²) >= 11 is 0. The number of hydrogen-bond acceptors (Lipinski definition) is 8. The highest BCUT2D eigenvalue weighted by atomic mass is 32.2. The number of benzene rings is 1. The van der Waals surface area contributed by atoms with Gasteiger partial charge in [-0.25, -0.2) is 0 Å². The van der Waals surface area contributed by atoms with Crippen molar-refractivity contribution in [2.24, 2.45) is 0 Å². The van der Waals surface area contributed by atoms with Crippen LogP contribution in [0.5, 0.6) is 0 Å². The van der Waals surface area contributed by atoms with Gasteiger partial charge >= 0.3 is 5.97 Å². The van der Waals surface area contributed by atoms with Gasteiger partial charge in [0.2, 0.25) is 0 Å². The quantitative estimate of drug-likeness (QED) is 0.542. The van der Waals surface area contributed by atoms with Crippen LogP contribution >= 0.6 is 0 Å². The van der Waals surface area contributed by atoms with Crippen molar-refractivity contribution in [1.29, 1.82) is 0 Å². The van der Waals surface area contributed by atoms with E-state index in [9.17, 15) is 18.3 Å². The summed E-state index contributed by atoms with van der Waals surface area (Å²) in [6, 6.07) is 9.18. The second kappa shape index (κ2) is 8.04. The molecule has 1 fully saturated rings. The second-order valence-electron chi connectivity index (χ2n) is 5.39. The fourth-order valence-electron chi connectivity index (χ4n) is 2.31. The molecule has 2 rings (SSSR count). The first kappa shape index (κ1) is 18.8. The van der Waals surface area contributed by atoms with Gasteiger partial charge in [0.15, 0.2) is 12.4 Å². The van der Waals surface area contributed by atoms with Gasteiger partial charge in [-0.05, 0) is 5.56 Å². The molecule has 1 aromatic carbocycles. The summed E-state index contributed by atoms with van der Waals surface area (Å²) in [6.45, 7) is 1.20. The first-order chi connectivity index (χ1) is 11.3. The lowest BCUT2D eigenvalue weighted by Gasteiger charge is -2.22. The molecule has 0 aliphatic carbocycles. The fraction of sp³-hybridized carbons (Fsp3) is 0.533. The van der Waals surface area contributed by atoms with Gasteiger partial charge in [-0.3, -0.25) is 8.98 Å². The monoisotopic (exact) mass is 360 g/mol.